The summed E-state index contributed by atoms with van der Waals surface area (Å²) < 4.78 is 4.88. The zero-order valence-corrected chi connectivity index (χ0v) is 15.6. The average Bonchev–Trinajstić information content (AvgIpc) is 2.71. The lowest BCUT2D eigenvalue weighted by atomic mass is 9.83. The van der Waals surface area contributed by atoms with E-state index < -0.39 is 17.7 Å². The number of carbonyl (C=O) groups excluding carboxylic acids is 4. The second-order valence-electron chi connectivity index (χ2n) is 6.45. The topological polar surface area (TPSA) is 80.8 Å². The number of carbonyl (C=O) groups is 4. The number of ether oxygens (including phenoxy) is 1. The van der Waals surface area contributed by atoms with Gasteiger partial charge in [-0.1, -0.05) is 48.5 Å². The highest BCUT2D eigenvalue weighted by Gasteiger charge is 2.42. The Balaban J connectivity index is 1.88. The van der Waals surface area contributed by atoms with Crippen LogP contribution < -0.4 is 0 Å². The van der Waals surface area contributed by atoms with Crippen LogP contribution in [0.4, 0.5) is 0 Å². The molecule has 3 rings (SSSR count). The highest BCUT2D eigenvalue weighted by Crippen LogP contribution is 2.32. The van der Waals surface area contributed by atoms with Gasteiger partial charge in [-0.25, -0.2) is 0 Å². The molecule has 28 heavy (non-hydrogen) atoms. The minimum absolute atomic E-state index is 0.0589. The zero-order valence-electron chi connectivity index (χ0n) is 15.6. The molecule has 1 aliphatic heterocycles. The van der Waals surface area contributed by atoms with E-state index in [2.05, 4.69) is 0 Å². The van der Waals surface area contributed by atoms with Crippen LogP contribution in [0.2, 0.25) is 0 Å². The number of benzene rings is 2. The van der Waals surface area contributed by atoms with Gasteiger partial charge in [-0.05, 0) is 25.0 Å². The Morgan fingerprint density at radius 2 is 1.68 bits per heavy atom. The van der Waals surface area contributed by atoms with Crippen molar-refractivity contribution in [1.82, 2.24) is 4.90 Å². The first-order valence-corrected chi connectivity index (χ1v) is 9.24. The lowest BCUT2D eigenvalue weighted by molar-refractivity contribution is -0.143. The molecule has 0 fully saturated rings. The molecule has 0 radical (unpaired) electrons. The van der Waals surface area contributed by atoms with Crippen molar-refractivity contribution < 1.29 is 23.9 Å². The van der Waals surface area contributed by atoms with Gasteiger partial charge in [0.05, 0.1) is 6.61 Å². The molecule has 2 aromatic rings. The van der Waals surface area contributed by atoms with Gasteiger partial charge in [-0.15, -0.1) is 0 Å². The smallest absolute Gasteiger partial charge is 0.305 e. The van der Waals surface area contributed by atoms with E-state index >= 15 is 0 Å². The molecule has 2 aromatic carbocycles. The van der Waals surface area contributed by atoms with Gasteiger partial charge in [0.25, 0.3) is 5.91 Å². The third-order valence-electron chi connectivity index (χ3n) is 4.65. The SMILES string of the molecule is CCOC(=O)CCCN1C(=O)c2ccccc2C(C(=O)c2ccccc2)C1=O. The lowest BCUT2D eigenvalue weighted by Crippen LogP contribution is -2.47. The number of nitrogens with zero attached hydrogens (tertiary/aromatic N) is 1. The highest BCUT2D eigenvalue weighted by molar-refractivity contribution is 6.22. The molecule has 1 unspecified atom stereocenters. The molecular weight excluding hydrogens is 358 g/mol. The van der Waals surface area contributed by atoms with Gasteiger partial charge in [0.1, 0.15) is 5.92 Å². The summed E-state index contributed by atoms with van der Waals surface area (Å²) in [5.74, 6) is -2.79. The quantitative estimate of drug-likeness (QED) is 0.320. The van der Waals surface area contributed by atoms with Gasteiger partial charge in [-0.2, -0.15) is 0 Å². The normalized spacial score (nSPS) is 15.9. The maximum absolute atomic E-state index is 13.1. The molecule has 1 aliphatic rings. The Hall–Kier alpha value is -3.28. The van der Waals surface area contributed by atoms with Crippen molar-refractivity contribution in [2.45, 2.75) is 25.7 Å². The van der Waals surface area contributed by atoms with Crippen molar-refractivity contribution in [2.75, 3.05) is 13.2 Å². The molecule has 144 valence electrons. The molecule has 2 amide bonds. The summed E-state index contributed by atoms with van der Waals surface area (Å²) in [5.41, 5.74) is 1.18. The predicted molar refractivity (Wildman–Crippen MR) is 102 cm³/mol. The monoisotopic (exact) mass is 379 g/mol. The molecule has 1 heterocycles. The number of fused-ring (bicyclic) bond motifs is 1. The van der Waals surface area contributed by atoms with Crippen molar-refractivity contribution in [3.8, 4) is 0 Å². The van der Waals surface area contributed by atoms with Crippen LogP contribution in [-0.2, 0) is 14.3 Å². The number of rotatable bonds is 7. The second-order valence-corrected chi connectivity index (χ2v) is 6.45. The van der Waals surface area contributed by atoms with E-state index in [1.807, 2.05) is 0 Å². The predicted octanol–water partition coefficient (Wildman–Crippen LogP) is 2.98. The summed E-state index contributed by atoms with van der Waals surface area (Å²) in [7, 11) is 0. The van der Waals surface area contributed by atoms with Crippen LogP contribution in [-0.4, -0.2) is 41.6 Å². The summed E-state index contributed by atoms with van der Waals surface area (Å²) in [5, 5.41) is 0. The van der Waals surface area contributed by atoms with Gasteiger partial charge >= 0.3 is 5.97 Å². The standard InChI is InChI=1S/C22H21NO5/c1-2-28-18(24)13-8-14-23-21(26)17-12-7-6-11-16(17)19(22(23)27)20(25)15-9-4-3-5-10-15/h3-7,9-12,19H,2,8,13-14H2,1H3. The van der Waals surface area contributed by atoms with E-state index in [9.17, 15) is 19.2 Å². The summed E-state index contributed by atoms with van der Waals surface area (Å²) >= 11 is 0. The first kappa shape index (κ1) is 19.5. The first-order valence-electron chi connectivity index (χ1n) is 9.24. The molecule has 1 atom stereocenters. The number of hydrogen-bond donors (Lipinski definition) is 0. The van der Waals surface area contributed by atoms with Crippen LogP contribution in [0.1, 0.15) is 52.0 Å². The Kier molecular flexibility index (Phi) is 5.99. The van der Waals surface area contributed by atoms with Gasteiger partial charge in [-0.3, -0.25) is 24.1 Å². The third-order valence-corrected chi connectivity index (χ3v) is 4.65. The van der Waals surface area contributed by atoms with Crippen molar-refractivity contribution >= 4 is 23.6 Å². The van der Waals surface area contributed by atoms with Crippen molar-refractivity contribution in [3.63, 3.8) is 0 Å². The Bertz CT molecular complexity index is 906. The minimum atomic E-state index is -1.07. The number of hydrogen-bond acceptors (Lipinski definition) is 5. The molecule has 0 aliphatic carbocycles. The zero-order chi connectivity index (χ0) is 20.1. The van der Waals surface area contributed by atoms with E-state index in [0.717, 1.165) is 4.90 Å². The number of Topliss-reactive ketones (excluding diaryl/α,β-unsaturated/α-hetero) is 1. The van der Waals surface area contributed by atoms with Crippen LogP contribution in [0.25, 0.3) is 0 Å². The van der Waals surface area contributed by atoms with Crippen LogP contribution in [0, 0.1) is 0 Å². The maximum Gasteiger partial charge on any atom is 0.305 e. The van der Waals surface area contributed by atoms with Gasteiger partial charge < -0.3 is 4.74 Å². The minimum Gasteiger partial charge on any atom is -0.466 e. The summed E-state index contributed by atoms with van der Waals surface area (Å²) in [4.78, 5) is 51.6. The largest absolute Gasteiger partial charge is 0.466 e. The molecule has 0 spiro atoms. The molecular formula is C22H21NO5. The average molecular weight is 379 g/mol. The van der Waals surface area contributed by atoms with Crippen molar-refractivity contribution in [3.05, 3.63) is 71.3 Å². The third kappa shape index (κ3) is 3.86. The van der Waals surface area contributed by atoms with Gasteiger partial charge in [0, 0.05) is 24.1 Å². The van der Waals surface area contributed by atoms with E-state index in [0.29, 0.717) is 16.7 Å². The molecule has 0 bridgehead atoms. The maximum atomic E-state index is 13.1. The summed E-state index contributed by atoms with van der Waals surface area (Å²) in [6, 6.07) is 15.2. The molecule has 0 saturated carbocycles. The fourth-order valence-corrected chi connectivity index (χ4v) is 3.33. The lowest BCUT2D eigenvalue weighted by Gasteiger charge is -2.31. The van der Waals surface area contributed by atoms with Gasteiger partial charge in [0.15, 0.2) is 5.78 Å². The summed E-state index contributed by atoms with van der Waals surface area (Å²) in [6.45, 7) is 2.05. The van der Waals surface area contributed by atoms with E-state index in [1.165, 1.54) is 0 Å². The van der Waals surface area contributed by atoms with Crippen molar-refractivity contribution in [2.24, 2.45) is 0 Å². The Morgan fingerprint density at radius 3 is 2.39 bits per heavy atom. The summed E-state index contributed by atoms with van der Waals surface area (Å²) in [6.07, 6.45) is 0.384. The molecule has 6 nitrogen and oxygen atoms in total. The van der Waals surface area contributed by atoms with Crippen molar-refractivity contribution in [1.29, 1.82) is 0 Å². The highest BCUT2D eigenvalue weighted by atomic mass is 16.5. The number of imide groups is 1. The Labute approximate surface area is 163 Å². The Morgan fingerprint density at radius 1 is 1.00 bits per heavy atom. The molecule has 6 heteroatoms. The second kappa shape index (κ2) is 8.61. The molecule has 0 saturated heterocycles. The molecule has 0 aromatic heterocycles. The van der Waals surface area contributed by atoms with Crippen LogP contribution in [0.3, 0.4) is 0 Å². The van der Waals surface area contributed by atoms with Gasteiger partial charge in [0.2, 0.25) is 5.91 Å². The van der Waals surface area contributed by atoms with Crippen LogP contribution >= 0.6 is 0 Å². The number of amides is 2. The van der Waals surface area contributed by atoms with E-state index in [-0.39, 0.29) is 37.7 Å². The fraction of sp³-hybridized carbons (Fsp3) is 0.273. The van der Waals surface area contributed by atoms with E-state index in [4.69, 9.17) is 4.74 Å². The van der Waals surface area contributed by atoms with Crippen LogP contribution in [0.5, 0.6) is 0 Å². The molecule has 0 N–H and O–H groups in total. The van der Waals surface area contributed by atoms with E-state index in [1.54, 1.807) is 61.5 Å². The number of ketones is 1. The number of esters is 1. The van der Waals surface area contributed by atoms with Crippen LogP contribution in [0.15, 0.2) is 54.6 Å². The fourth-order valence-electron chi connectivity index (χ4n) is 3.33. The first-order chi connectivity index (χ1) is 13.5.